The van der Waals surface area contributed by atoms with E-state index in [2.05, 4.69) is 50.4 Å². The molecule has 0 aromatic rings. The highest BCUT2D eigenvalue weighted by Gasteiger charge is 2.24. The number of esters is 1. The van der Waals surface area contributed by atoms with Gasteiger partial charge in [-0.05, 0) is 57.8 Å². The first-order valence-corrected chi connectivity index (χ1v) is 28.6. The Bertz CT molecular complexity index is 1010. The van der Waals surface area contributed by atoms with Gasteiger partial charge in [0.1, 0.15) is 6.10 Å². The van der Waals surface area contributed by atoms with Gasteiger partial charge < -0.3 is 20.3 Å². The lowest BCUT2D eigenvalue weighted by atomic mass is 10.0. The second-order valence-corrected chi connectivity index (χ2v) is 19.7. The zero-order valence-corrected chi connectivity index (χ0v) is 43.2. The van der Waals surface area contributed by atoms with Gasteiger partial charge in [-0.2, -0.15) is 0 Å². The average molecular weight is 903 g/mol. The molecular weight excluding hydrogens is 791 g/mol. The van der Waals surface area contributed by atoms with E-state index < -0.39 is 18.2 Å². The van der Waals surface area contributed by atoms with Crippen molar-refractivity contribution in [2.75, 3.05) is 6.61 Å². The molecule has 0 aliphatic carbocycles. The maximum absolute atomic E-state index is 13.2. The van der Waals surface area contributed by atoms with E-state index in [1.807, 2.05) is 0 Å². The Morgan fingerprint density at radius 1 is 0.453 bits per heavy atom. The van der Waals surface area contributed by atoms with Crippen LogP contribution in [0.15, 0.2) is 24.3 Å². The van der Waals surface area contributed by atoms with Crippen molar-refractivity contribution in [2.45, 2.75) is 328 Å². The summed E-state index contributed by atoms with van der Waals surface area (Å²) in [5, 5.41) is 23.9. The SMILES string of the molecule is CCCCC/C=C\C/C=C\CCCCCCCCCC(=O)OC(CCCCCCCCCCCCCC)CC(=O)NC(CO)C(O)CCCCCCCCCCCCCCCCCC. The number of amides is 1. The molecule has 0 rings (SSSR count). The summed E-state index contributed by atoms with van der Waals surface area (Å²) in [6.45, 7) is 6.49. The summed E-state index contributed by atoms with van der Waals surface area (Å²) >= 11 is 0. The summed E-state index contributed by atoms with van der Waals surface area (Å²) in [6.07, 6.45) is 60.9. The van der Waals surface area contributed by atoms with Crippen LogP contribution in [0, 0.1) is 0 Å². The molecule has 1 amide bonds. The van der Waals surface area contributed by atoms with Gasteiger partial charge in [0, 0.05) is 6.42 Å². The molecule has 0 spiro atoms. The number of carbonyl (C=O) groups is 2. The van der Waals surface area contributed by atoms with E-state index in [4.69, 9.17) is 4.74 Å². The number of allylic oxidation sites excluding steroid dienone is 4. The number of ether oxygens (including phenoxy) is 1. The van der Waals surface area contributed by atoms with Gasteiger partial charge in [-0.15, -0.1) is 0 Å². The van der Waals surface area contributed by atoms with Crippen molar-refractivity contribution >= 4 is 11.9 Å². The highest BCUT2D eigenvalue weighted by molar-refractivity contribution is 5.77. The van der Waals surface area contributed by atoms with Gasteiger partial charge in [0.25, 0.3) is 0 Å². The third-order valence-corrected chi connectivity index (χ3v) is 13.3. The van der Waals surface area contributed by atoms with E-state index in [1.54, 1.807) is 0 Å². The van der Waals surface area contributed by atoms with Crippen molar-refractivity contribution in [1.82, 2.24) is 5.32 Å². The Labute approximate surface area is 399 Å². The van der Waals surface area contributed by atoms with Crippen molar-refractivity contribution in [2.24, 2.45) is 0 Å². The maximum atomic E-state index is 13.2. The van der Waals surface area contributed by atoms with Gasteiger partial charge in [0.05, 0.1) is 25.2 Å². The molecule has 0 aromatic heterocycles. The molecule has 0 fully saturated rings. The lowest BCUT2D eigenvalue weighted by molar-refractivity contribution is -0.151. The quantitative estimate of drug-likeness (QED) is 0.0321. The molecule has 0 aromatic carbocycles. The summed E-state index contributed by atoms with van der Waals surface area (Å²) in [7, 11) is 0. The third-order valence-electron chi connectivity index (χ3n) is 13.3. The van der Waals surface area contributed by atoms with Crippen LogP contribution in [-0.2, 0) is 14.3 Å². The topological polar surface area (TPSA) is 95.9 Å². The maximum Gasteiger partial charge on any atom is 0.306 e. The molecule has 0 aliphatic rings. The van der Waals surface area contributed by atoms with E-state index in [9.17, 15) is 19.8 Å². The highest BCUT2D eigenvalue weighted by atomic mass is 16.5. The highest BCUT2D eigenvalue weighted by Crippen LogP contribution is 2.19. The zero-order chi connectivity index (χ0) is 46.7. The summed E-state index contributed by atoms with van der Waals surface area (Å²) in [4.78, 5) is 26.2. The monoisotopic (exact) mass is 902 g/mol. The van der Waals surface area contributed by atoms with Crippen molar-refractivity contribution in [3.63, 3.8) is 0 Å². The van der Waals surface area contributed by atoms with Crippen LogP contribution in [0.1, 0.15) is 310 Å². The molecule has 0 saturated heterocycles. The Morgan fingerprint density at radius 3 is 1.22 bits per heavy atom. The molecule has 64 heavy (non-hydrogen) atoms. The molecular formula is C58H111NO5. The molecule has 3 unspecified atom stereocenters. The number of rotatable bonds is 52. The molecule has 6 heteroatoms. The fourth-order valence-electron chi connectivity index (χ4n) is 8.93. The van der Waals surface area contributed by atoms with Crippen molar-refractivity contribution < 1.29 is 24.5 Å². The van der Waals surface area contributed by atoms with Crippen molar-refractivity contribution in [1.29, 1.82) is 0 Å². The van der Waals surface area contributed by atoms with Gasteiger partial charge in [-0.1, -0.05) is 263 Å². The largest absolute Gasteiger partial charge is 0.462 e. The molecule has 0 aliphatic heterocycles. The number of carbonyl (C=O) groups excluding carboxylic acids is 2. The number of hydrogen-bond acceptors (Lipinski definition) is 5. The normalized spacial score (nSPS) is 13.3. The Hall–Kier alpha value is -1.66. The van der Waals surface area contributed by atoms with E-state index in [0.29, 0.717) is 19.3 Å². The van der Waals surface area contributed by atoms with E-state index >= 15 is 0 Å². The smallest absolute Gasteiger partial charge is 0.306 e. The van der Waals surface area contributed by atoms with Crippen LogP contribution >= 0.6 is 0 Å². The van der Waals surface area contributed by atoms with Crippen LogP contribution in [0.2, 0.25) is 0 Å². The predicted molar refractivity (Wildman–Crippen MR) is 278 cm³/mol. The van der Waals surface area contributed by atoms with Crippen LogP contribution in [0.5, 0.6) is 0 Å². The van der Waals surface area contributed by atoms with Gasteiger partial charge in [0.15, 0.2) is 0 Å². The standard InChI is InChI=1S/C58H111NO5/c1-4-7-10-13-16-19-22-25-27-29-31-33-36-39-42-45-48-51-58(63)64-54(49-46-43-40-37-34-24-21-18-15-12-9-6-3)52-57(62)59-55(53-60)56(61)50-47-44-41-38-35-32-30-28-26-23-20-17-14-11-8-5-2/h16,19,25,27,54-56,60-61H,4-15,17-18,20-24,26,28-53H2,1-3H3,(H,59,62)/b19-16-,27-25-. The Kier molecular flexibility index (Phi) is 51.0. The molecule has 3 atom stereocenters. The first kappa shape index (κ1) is 62.3. The summed E-state index contributed by atoms with van der Waals surface area (Å²) in [5.41, 5.74) is 0. The van der Waals surface area contributed by atoms with Gasteiger partial charge >= 0.3 is 5.97 Å². The molecule has 0 bridgehead atoms. The van der Waals surface area contributed by atoms with E-state index in [-0.39, 0.29) is 24.9 Å². The average Bonchev–Trinajstić information content (AvgIpc) is 3.29. The Morgan fingerprint density at radius 2 is 0.797 bits per heavy atom. The molecule has 3 N–H and O–H groups in total. The van der Waals surface area contributed by atoms with Crippen LogP contribution in [0.3, 0.4) is 0 Å². The van der Waals surface area contributed by atoms with Crippen LogP contribution < -0.4 is 5.32 Å². The molecule has 0 heterocycles. The molecule has 6 nitrogen and oxygen atoms in total. The first-order valence-electron chi connectivity index (χ1n) is 28.6. The molecule has 0 saturated carbocycles. The lowest BCUT2D eigenvalue weighted by Gasteiger charge is -2.24. The minimum atomic E-state index is -0.785. The van der Waals surface area contributed by atoms with Gasteiger partial charge in [-0.25, -0.2) is 0 Å². The van der Waals surface area contributed by atoms with Gasteiger partial charge in [-0.3, -0.25) is 9.59 Å². The van der Waals surface area contributed by atoms with Crippen LogP contribution in [-0.4, -0.2) is 46.9 Å². The van der Waals surface area contributed by atoms with Crippen LogP contribution in [0.25, 0.3) is 0 Å². The first-order chi connectivity index (χ1) is 31.5. The molecule has 0 radical (unpaired) electrons. The number of unbranched alkanes of at least 4 members (excludes halogenated alkanes) is 36. The van der Waals surface area contributed by atoms with Crippen LogP contribution in [0.4, 0.5) is 0 Å². The second kappa shape index (κ2) is 52.3. The summed E-state index contributed by atoms with van der Waals surface area (Å²) in [5.74, 6) is -0.464. The van der Waals surface area contributed by atoms with Crippen molar-refractivity contribution in [3.05, 3.63) is 24.3 Å². The Balaban J connectivity index is 4.47. The third kappa shape index (κ3) is 46.9. The van der Waals surface area contributed by atoms with E-state index in [0.717, 1.165) is 57.8 Å². The predicted octanol–water partition coefficient (Wildman–Crippen LogP) is 17.5. The number of aliphatic hydroxyl groups excluding tert-OH is 2. The number of aliphatic hydroxyl groups is 2. The van der Waals surface area contributed by atoms with Crippen molar-refractivity contribution in [3.8, 4) is 0 Å². The fraction of sp³-hybridized carbons (Fsp3) is 0.897. The minimum absolute atomic E-state index is 0.0803. The fourth-order valence-corrected chi connectivity index (χ4v) is 8.93. The summed E-state index contributed by atoms with van der Waals surface area (Å²) < 4.78 is 5.95. The number of hydrogen-bond donors (Lipinski definition) is 3. The molecule has 378 valence electrons. The zero-order valence-electron chi connectivity index (χ0n) is 43.2. The summed E-state index contributed by atoms with van der Waals surface area (Å²) in [6, 6.07) is -0.698. The lowest BCUT2D eigenvalue weighted by Crippen LogP contribution is -2.46. The second-order valence-electron chi connectivity index (χ2n) is 19.7. The minimum Gasteiger partial charge on any atom is -0.462 e. The van der Waals surface area contributed by atoms with E-state index in [1.165, 1.54) is 205 Å². The van der Waals surface area contributed by atoms with Gasteiger partial charge in [0.2, 0.25) is 5.91 Å². The number of nitrogens with one attached hydrogen (secondary N) is 1.